The number of amides is 2. The molecule has 1 saturated carbocycles. The minimum Gasteiger partial charge on any atom is -0.388 e. The standard InChI is InChI=1S/C17H26N2O2/c1-2-7-15(12-14-8-4-3-5-9-14)19-16(20)18-13-17(21)10-6-11-17/h3-5,8-9,15,21H,2,6-7,10-13H2,1H3,(H2,18,19,20). The van der Waals surface area contributed by atoms with Gasteiger partial charge in [-0.2, -0.15) is 0 Å². The molecule has 4 heteroatoms. The van der Waals surface area contributed by atoms with Crippen molar-refractivity contribution in [2.45, 2.75) is 57.1 Å². The first-order chi connectivity index (χ1) is 10.1. The smallest absolute Gasteiger partial charge is 0.315 e. The molecule has 1 unspecified atom stereocenters. The Bertz CT molecular complexity index is 443. The number of carbonyl (C=O) groups excluding carboxylic acids is 1. The van der Waals surface area contributed by atoms with Crippen molar-refractivity contribution in [2.75, 3.05) is 6.54 Å². The molecule has 116 valence electrons. The van der Waals surface area contributed by atoms with Gasteiger partial charge in [0.15, 0.2) is 0 Å². The minimum absolute atomic E-state index is 0.133. The molecular weight excluding hydrogens is 264 g/mol. The molecule has 0 aliphatic heterocycles. The molecule has 3 N–H and O–H groups in total. The SMILES string of the molecule is CCCC(Cc1ccccc1)NC(=O)NCC1(O)CCC1. The van der Waals surface area contributed by atoms with Crippen LogP contribution >= 0.6 is 0 Å². The van der Waals surface area contributed by atoms with Gasteiger partial charge >= 0.3 is 6.03 Å². The van der Waals surface area contributed by atoms with Crippen LogP contribution in [0.2, 0.25) is 0 Å². The van der Waals surface area contributed by atoms with Crippen molar-refractivity contribution in [3.05, 3.63) is 35.9 Å². The molecule has 0 radical (unpaired) electrons. The Hall–Kier alpha value is -1.55. The summed E-state index contributed by atoms with van der Waals surface area (Å²) in [5, 5.41) is 15.8. The molecule has 1 fully saturated rings. The van der Waals surface area contributed by atoms with Crippen LogP contribution in [0.4, 0.5) is 4.79 Å². The van der Waals surface area contributed by atoms with E-state index in [-0.39, 0.29) is 12.1 Å². The summed E-state index contributed by atoms with van der Waals surface area (Å²) in [5.74, 6) is 0. The van der Waals surface area contributed by atoms with E-state index >= 15 is 0 Å². The number of aliphatic hydroxyl groups is 1. The van der Waals surface area contributed by atoms with Crippen molar-refractivity contribution in [1.82, 2.24) is 10.6 Å². The van der Waals surface area contributed by atoms with Gasteiger partial charge < -0.3 is 15.7 Å². The summed E-state index contributed by atoms with van der Waals surface area (Å²) in [6, 6.07) is 10.2. The maximum absolute atomic E-state index is 12.0. The number of urea groups is 1. The van der Waals surface area contributed by atoms with Crippen LogP contribution < -0.4 is 10.6 Å². The third kappa shape index (κ3) is 5.05. The molecule has 21 heavy (non-hydrogen) atoms. The third-order valence-corrected chi connectivity index (χ3v) is 4.16. The quantitative estimate of drug-likeness (QED) is 0.723. The van der Waals surface area contributed by atoms with Gasteiger partial charge in [0.25, 0.3) is 0 Å². The second-order valence-electron chi connectivity index (χ2n) is 6.08. The van der Waals surface area contributed by atoms with Crippen LogP contribution in [0, 0.1) is 0 Å². The summed E-state index contributed by atoms with van der Waals surface area (Å²) in [6.07, 6.45) is 5.44. The lowest BCUT2D eigenvalue weighted by Gasteiger charge is -2.36. The second kappa shape index (κ2) is 7.46. The van der Waals surface area contributed by atoms with E-state index in [9.17, 15) is 9.90 Å². The maximum atomic E-state index is 12.0. The van der Waals surface area contributed by atoms with Gasteiger partial charge in [-0.3, -0.25) is 0 Å². The molecule has 0 heterocycles. The molecule has 0 aromatic heterocycles. The third-order valence-electron chi connectivity index (χ3n) is 4.16. The molecule has 1 aliphatic carbocycles. The summed E-state index contributed by atoms with van der Waals surface area (Å²) in [7, 11) is 0. The fraction of sp³-hybridized carbons (Fsp3) is 0.588. The molecule has 1 aromatic rings. The van der Waals surface area contributed by atoms with Gasteiger partial charge in [-0.25, -0.2) is 4.79 Å². The van der Waals surface area contributed by atoms with Crippen molar-refractivity contribution < 1.29 is 9.90 Å². The highest BCUT2D eigenvalue weighted by Gasteiger charge is 2.34. The van der Waals surface area contributed by atoms with Crippen molar-refractivity contribution in [1.29, 1.82) is 0 Å². The average molecular weight is 290 g/mol. The van der Waals surface area contributed by atoms with E-state index in [1.54, 1.807) is 0 Å². The Kier molecular flexibility index (Phi) is 5.62. The molecule has 1 aromatic carbocycles. The minimum atomic E-state index is -0.670. The number of benzene rings is 1. The number of nitrogens with one attached hydrogen (secondary N) is 2. The van der Waals surface area contributed by atoms with Crippen molar-refractivity contribution in [2.24, 2.45) is 0 Å². The first kappa shape index (κ1) is 15.8. The highest BCUT2D eigenvalue weighted by molar-refractivity contribution is 5.74. The topological polar surface area (TPSA) is 61.4 Å². The summed E-state index contributed by atoms with van der Waals surface area (Å²) in [5.41, 5.74) is 0.561. The Morgan fingerprint density at radius 1 is 1.33 bits per heavy atom. The Balaban J connectivity index is 1.79. The zero-order valence-electron chi connectivity index (χ0n) is 12.8. The number of hydrogen-bond donors (Lipinski definition) is 3. The molecular formula is C17H26N2O2. The summed E-state index contributed by atoms with van der Waals surface area (Å²) < 4.78 is 0. The first-order valence-corrected chi connectivity index (χ1v) is 7.92. The Morgan fingerprint density at radius 3 is 2.62 bits per heavy atom. The monoisotopic (exact) mass is 290 g/mol. The van der Waals surface area contributed by atoms with Gasteiger partial charge in [0.1, 0.15) is 0 Å². The second-order valence-corrected chi connectivity index (χ2v) is 6.08. The lowest BCUT2D eigenvalue weighted by molar-refractivity contribution is -0.0290. The van der Waals surface area contributed by atoms with Gasteiger partial charge in [-0.15, -0.1) is 0 Å². The van der Waals surface area contributed by atoms with Crippen molar-refractivity contribution in [3.8, 4) is 0 Å². The summed E-state index contributed by atoms with van der Waals surface area (Å²) in [6.45, 7) is 2.47. The lowest BCUT2D eigenvalue weighted by Crippen LogP contribution is -2.51. The molecule has 1 atom stereocenters. The fourth-order valence-corrected chi connectivity index (χ4v) is 2.72. The molecule has 0 spiro atoms. The van der Waals surface area contributed by atoms with E-state index in [4.69, 9.17) is 0 Å². The van der Waals surface area contributed by atoms with Crippen LogP contribution in [0.15, 0.2) is 30.3 Å². The van der Waals surface area contributed by atoms with E-state index in [1.165, 1.54) is 5.56 Å². The van der Waals surface area contributed by atoms with Gasteiger partial charge in [0.2, 0.25) is 0 Å². The highest BCUT2D eigenvalue weighted by Crippen LogP contribution is 2.30. The number of hydrogen-bond acceptors (Lipinski definition) is 2. The van der Waals surface area contributed by atoms with E-state index in [2.05, 4.69) is 29.7 Å². The predicted molar refractivity (Wildman–Crippen MR) is 84.2 cm³/mol. The summed E-state index contributed by atoms with van der Waals surface area (Å²) >= 11 is 0. The van der Waals surface area contributed by atoms with E-state index in [0.717, 1.165) is 38.5 Å². The molecule has 0 saturated heterocycles. The first-order valence-electron chi connectivity index (χ1n) is 7.92. The van der Waals surface area contributed by atoms with Crippen LogP contribution in [0.5, 0.6) is 0 Å². The van der Waals surface area contributed by atoms with Gasteiger partial charge in [0.05, 0.1) is 5.60 Å². The van der Waals surface area contributed by atoms with Gasteiger partial charge in [-0.1, -0.05) is 43.7 Å². The number of carbonyl (C=O) groups is 1. The lowest BCUT2D eigenvalue weighted by atomic mass is 9.80. The van der Waals surface area contributed by atoms with E-state index < -0.39 is 5.60 Å². The van der Waals surface area contributed by atoms with Crippen LogP contribution in [0.3, 0.4) is 0 Å². The maximum Gasteiger partial charge on any atom is 0.315 e. The molecule has 1 aliphatic rings. The van der Waals surface area contributed by atoms with Gasteiger partial charge in [0, 0.05) is 12.6 Å². The molecule has 2 amide bonds. The largest absolute Gasteiger partial charge is 0.388 e. The van der Waals surface area contributed by atoms with Crippen LogP contribution in [-0.2, 0) is 6.42 Å². The van der Waals surface area contributed by atoms with E-state index in [1.807, 2.05) is 18.2 Å². The van der Waals surface area contributed by atoms with Crippen molar-refractivity contribution >= 4 is 6.03 Å². The average Bonchev–Trinajstić information content (AvgIpc) is 2.44. The normalized spacial score (nSPS) is 17.6. The Morgan fingerprint density at radius 2 is 2.05 bits per heavy atom. The zero-order chi connectivity index (χ0) is 15.1. The molecule has 2 rings (SSSR count). The number of rotatable bonds is 7. The zero-order valence-corrected chi connectivity index (χ0v) is 12.8. The van der Waals surface area contributed by atoms with Crippen LogP contribution in [0.1, 0.15) is 44.6 Å². The van der Waals surface area contributed by atoms with Crippen molar-refractivity contribution in [3.63, 3.8) is 0 Å². The predicted octanol–water partition coefficient (Wildman–Crippen LogP) is 2.61. The van der Waals surface area contributed by atoms with Crippen LogP contribution in [0.25, 0.3) is 0 Å². The fourth-order valence-electron chi connectivity index (χ4n) is 2.72. The molecule has 0 bridgehead atoms. The van der Waals surface area contributed by atoms with Crippen LogP contribution in [-0.4, -0.2) is 29.3 Å². The molecule has 4 nitrogen and oxygen atoms in total. The Labute approximate surface area is 126 Å². The van der Waals surface area contributed by atoms with E-state index in [0.29, 0.717) is 6.54 Å². The summed E-state index contributed by atoms with van der Waals surface area (Å²) in [4.78, 5) is 12.0. The van der Waals surface area contributed by atoms with Gasteiger partial charge in [-0.05, 0) is 37.7 Å². The highest BCUT2D eigenvalue weighted by atomic mass is 16.3.